The van der Waals surface area contributed by atoms with Crippen LogP contribution in [0.15, 0.2) is 30.3 Å². The Labute approximate surface area is 92.5 Å². The highest BCUT2D eigenvalue weighted by Crippen LogP contribution is 2.37. The second-order valence-corrected chi connectivity index (χ2v) is 3.84. The van der Waals surface area contributed by atoms with Gasteiger partial charge in [-0.1, -0.05) is 12.1 Å². The van der Waals surface area contributed by atoms with Crippen molar-refractivity contribution in [2.24, 2.45) is 0 Å². The monoisotopic (exact) mass is 208 g/mol. The van der Waals surface area contributed by atoms with Crippen LogP contribution in [0, 0.1) is 11.3 Å². The number of nitriles is 1. The molecule has 0 spiro atoms. The molecule has 3 rings (SSSR count). The molecule has 0 saturated heterocycles. The maximum Gasteiger partial charge on any atom is 0.258 e. The Bertz CT molecular complexity index is 667. The average molecular weight is 208 g/mol. The van der Waals surface area contributed by atoms with Crippen molar-refractivity contribution in [2.75, 3.05) is 11.9 Å². The molecule has 1 amide bonds. The van der Waals surface area contributed by atoms with E-state index < -0.39 is 0 Å². The van der Waals surface area contributed by atoms with Gasteiger partial charge in [0.1, 0.15) is 0 Å². The fourth-order valence-electron chi connectivity index (χ4n) is 2.23. The van der Waals surface area contributed by atoms with Crippen molar-refractivity contribution in [1.82, 2.24) is 0 Å². The maximum atomic E-state index is 11.9. The Morgan fingerprint density at radius 2 is 2.06 bits per heavy atom. The van der Waals surface area contributed by atoms with Gasteiger partial charge in [0, 0.05) is 23.4 Å². The molecule has 0 radical (unpaired) electrons. The Morgan fingerprint density at radius 1 is 1.25 bits per heavy atom. The van der Waals surface area contributed by atoms with Crippen molar-refractivity contribution in [3.8, 4) is 6.07 Å². The van der Waals surface area contributed by atoms with Gasteiger partial charge in [-0.05, 0) is 18.2 Å². The Hall–Kier alpha value is -2.34. The molecule has 3 heteroatoms. The highest BCUT2D eigenvalue weighted by atomic mass is 16.2. The molecule has 1 aliphatic rings. The lowest BCUT2D eigenvalue weighted by atomic mass is 10.0. The molecule has 76 valence electrons. The molecule has 0 saturated carbocycles. The second kappa shape index (κ2) is 2.83. The summed E-state index contributed by atoms with van der Waals surface area (Å²) >= 11 is 0. The lowest BCUT2D eigenvalue weighted by Crippen LogP contribution is -2.20. The van der Waals surface area contributed by atoms with Gasteiger partial charge in [0.2, 0.25) is 0 Å². The first-order valence-electron chi connectivity index (χ1n) is 4.98. The molecule has 2 aromatic rings. The van der Waals surface area contributed by atoms with Crippen LogP contribution >= 0.6 is 0 Å². The molecular formula is C13H8N2O. The van der Waals surface area contributed by atoms with Gasteiger partial charge in [-0.25, -0.2) is 0 Å². The number of hydrogen-bond donors (Lipinski definition) is 0. The summed E-state index contributed by atoms with van der Waals surface area (Å²) in [6, 6.07) is 11.2. The zero-order valence-electron chi connectivity index (χ0n) is 8.69. The topological polar surface area (TPSA) is 44.1 Å². The third-order valence-corrected chi connectivity index (χ3v) is 3.04. The molecule has 0 unspecified atom stereocenters. The Morgan fingerprint density at radius 3 is 2.81 bits per heavy atom. The smallest absolute Gasteiger partial charge is 0.258 e. The van der Waals surface area contributed by atoms with E-state index >= 15 is 0 Å². The van der Waals surface area contributed by atoms with Gasteiger partial charge in [0.05, 0.1) is 17.3 Å². The number of amides is 1. The molecule has 3 nitrogen and oxygen atoms in total. The minimum atomic E-state index is -0.00399. The number of hydrogen-bond acceptors (Lipinski definition) is 2. The van der Waals surface area contributed by atoms with E-state index in [1.54, 1.807) is 24.1 Å². The van der Waals surface area contributed by atoms with Gasteiger partial charge >= 0.3 is 0 Å². The summed E-state index contributed by atoms with van der Waals surface area (Å²) in [5.41, 5.74) is 2.19. The van der Waals surface area contributed by atoms with Crippen LogP contribution in [0.4, 0.5) is 5.69 Å². The summed E-state index contributed by atoms with van der Waals surface area (Å²) < 4.78 is 0. The summed E-state index contributed by atoms with van der Waals surface area (Å²) in [6.45, 7) is 0. The average Bonchev–Trinajstić information content (AvgIpc) is 2.57. The first-order chi connectivity index (χ1) is 7.74. The molecule has 1 aliphatic heterocycles. The molecule has 0 bridgehead atoms. The van der Waals surface area contributed by atoms with Gasteiger partial charge < -0.3 is 4.90 Å². The van der Waals surface area contributed by atoms with Crippen LogP contribution in [0.5, 0.6) is 0 Å². The summed E-state index contributed by atoms with van der Waals surface area (Å²) in [6.07, 6.45) is 0. The van der Waals surface area contributed by atoms with Crippen LogP contribution in [-0.2, 0) is 0 Å². The van der Waals surface area contributed by atoms with Crippen molar-refractivity contribution in [3.05, 3.63) is 41.5 Å². The number of rotatable bonds is 0. The van der Waals surface area contributed by atoms with E-state index in [2.05, 4.69) is 6.07 Å². The Kier molecular flexibility index (Phi) is 1.58. The molecule has 0 atom stereocenters. The molecule has 0 N–H and O–H groups in total. The first-order valence-corrected chi connectivity index (χ1v) is 4.98. The highest BCUT2D eigenvalue weighted by Gasteiger charge is 2.27. The van der Waals surface area contributed by atoms with Crippen LogP contribution in [-0.4, -0.2) is 13.0 Å². The van der Waals surface area contributed by atoms with E-state index in [1.165, 1.54) is 0 Å². The Balaban J connectivity index is 2.55. The second-order valence-electron chi connectivity index (χ2n) is 3.84. The maximum absolute atomic E-state index is 11.9. The van der Waals surface area contributed by atoms with Crippen LogP contribution in [0.2, 0.25) is 0 Å². The lowest BCUT2D eigenvalue weighted by Gasteiger charge is -2.09. The van der Waals surface area contributed by atoms with Crippen molar-refractivity contribution >= 4 is 22.4 Å². The molecule has 0 aromatic heterocycles. The van der Waals surface area contributed by atoms with Gasteiger partial charge in [0.25, 0.3) is 5.91 Å². The summed E-state index contributed by atoms with van der Waals surface area (Å²) in [5, 5.41) is 10.8. The van der Waals surface area contributed by atoms with Gasteiger partial charge in [-0.3, -0.25) is 4.79 Å². The minimum Gasteiger partial charge on any atom is -0.311 e. The van der Waals surface area contributed by atoms with E-state index in [4.69, 9.17) is 5.26 Å². The summed E-state index contributed by atoms with van der Waals surface area (Å²) in [5.74, 6) is -0.00399. The molecule has 0 aliphatic carbocycles. The number of carbonyl (C=O) groups excluding carboxylic acids is 1. The zero-order chi connectivity index (χ0) is 11.3. The van der Waals surface area contributed by atoms with E-state index in [-0.39, 0.29) is 5.91 Å². The largest absolute Gasteiger partial charge is 0.311 e. The molecule has 1 heterocycles. The van der Waals surface area contributed by atoms with Gasteiger partial charge in [0.15, 0.2) is 0 Å². The van der Waals surface area contributed by atoms with Gasteiger partial charge in [-0.2, -0.15) is 5.26 Å². The van der Waals surface area contributed by atoms with E-state index in [1.807, 2.05) is 18.2 Å². The number of benzene rings is 2. The van der Waals surface area contributed by atoms with Crippen LogP contribution < -0.4 is 4.90 Å². The quantitative estimate of drug-likeness (QED) is 0.666. The van der Waals surface area contributed by atoms with E-state index in [0.717, 1.165) is 16.5 Å². The third kappa shape index (κ3) is 0.887. The highest BCUT2D eigenvalue weighted by molar-refractivity contribution is 6.25. The van der Waals surface area contributed by atoms with Crippen molar-refractivity contribution in [1.29, 1.82) is 5.26 Å². The van der Waals surface area contributed by atoms with E-state index in [9.17, 15) is 4.79 Å². The van der Waals surface area contributed by atoms with Crippen LogP contribution in [0.3, 0.4) is 0 Å². The fraction of sp³-hybridized carbons (Fsp3) is 0.0769. The van der Waals surface area contributed by atoms with E-state index in [0.29, 0.717) is 11.1 Å². The molecule has 2 aromatic carbocycles. The number of anilines is 1. The molecular weight excluding hydrogens is 200 g/mol. The normalized spacial score (nSPS) is 13.2. The summed E-state index contributed by atoms with van der Waals surface area (Å²) in [4.78, 5) is 13.5. The first kappa shape index (κ1) is 8.93. The standard InChI is InChI=1S/C13H8N2O/c1-15-11-6-5-8(7-14)9-3-2-4-10(12(9)11)13(15)16/h2-6H,1H3. The minimum absolute atomic E-state index is 0.00399. The molecule has 0 fully saturated rings. The zero-order valence-corrected chi connectivity index (χ0v) is 8.69. The van der Waals surface area contributed by atoms with Gasteiger partial charge in [-0.15, -0.1) is 0 Å². The number of carbonyl (C=O) groups is 1. The molecule has 16 heavy (non-hydrogen) atoms. The summed E-state index contributed by atoms with van der Waals surface area (Å²) in [7, 11) is 1.75. The SMILES string of the molecule is CN1C(=O)c2cccc3c(C#N)ccc1c23. The van der Waals surface area contributed by atoms with Crippen LogP contribution in [0.1, 0.15) is 15.9 Å². The fourth-order valence-corrected chi connectivity index (χ4v) is 2.23. The van der Waals surface area contributed by atoms with Crippen LogP contribution in [0.25, 0.3) is 10.8 Å². The van der Waals surface area contributed by atoms with Crippen molar-refractivity contribution < 1.29 is 4.79 Å². The number of nitrogens with zero attached hydrogens (tertiary/aromatic N) is 2. The van der Waals surface area contributed by atoms with Crippen molar-refractivity contribution in [3.63, 3.8) is 0 Å². The predicted molar refractivity (Wildman–Crippen MR) is 61.4 cm³/mol. The predicted octanol–water partition coefficient (Wildman–Crippen LogP) is 2.30. The third-order valence-electron chi connectivity index (χ3n) is 3.04. The lowest BCUT2D eigenvalue weighted by molar-refractivity contribution is 0.0999. The van der Waals surface area contributed by atoms with Crippen molar-refractivity contribution in [2.45, 2.75) is 0 Å².